The number of hydrogen-bond donors (Lipinski definition) is 2. The average Bonchev–Trinajstić information content (AvgIpc) is 2.63. The Labute approximate surface area is 143 Å². The first kappa shape index (κ1) is 16.8. The minimum absolute atomic E-state index is 0.0411. The van der Waals surface area contributed by atoms with Crippen LogP contribution in [0.15, 0.2) is 60.9 Å². The van der Waals surface area contributed by atoms with Crippen molar-refractivity contribution in [3.8, 4) is 16.9 Å². The molecule has 0 amide bonds. The number of rotatable bonds is 6. The lowest BCUT2D eigenvalue weighted by atomic mass is 10.1. The van der Waals surface area contributed by atoms with Gasteiger partial charge in [0.15, 0.2) is 0 Å². The van der Waals surface area contributed by atoms with E-state index in [4.69, 9.17) is 5.11 Å². The van der Waals surface area contributed by atoms with Gasteiger partial charge in [0.2, 0.25) is 5.95 Å². The second-order valence-electron chi connectivity index (χ2n) is 5.18. The van der Waals surface area contributed by atoms with Gasteiger partial charge in [0.25, 0.3) is 0 Å². The van der Waals surface area contributed by atoms with Crippen LogP contribution in [0.1, 0.15) is 5.56 Å². The molecule has 0 fully saturated rings. The van der Waals surface area contributed by atoms with Crippen molar-refractivity contribution in [1.82, 2.24) is 9.97 Å². The van der Waals surface area contributed by atoms with E-state index in [1.165, 1.54) is 12.1 Å². The molecule has 0 aliphatic rings. The van der Waals surface area contributed by atoms with Gasteiger partial charge < -0.3 is 15.2 Å². The quantitative estimate of drug-likeness (QED) is 0.709. The standard InChI is InChI=1S/C18H15F2N3O2/c19-17(20)25-16-6-4-13(5-7-16)14-9-21-18(22-10-14)23-15-3-1-2-12(8-15)11-24/h1-10,17,24H,11H2,(H,21,22,23). The minimum atomic E-state index is -2.84. The van der Waals surface area contributed by atoms with Gasteiger partial charge >= 0.3 is 6.61 Å². The van der Waals surface area contributed by atoms with Crippen LogP contribution < -0.4 is 10.1 Å². The molecule has 0 radical (unpaired) electrons. The summed E-state index contributed by atoms with van der Waals surface area (Å²) in [6.45, 7) is -2.88. The van der Waals surface area contributed by atoms with Crippen LogP contribution in [0.25, 0.3) is 11.1 Å². The maximum atomic E-state index is 12.2. The molecule has 2 aromatic carbocycles. The van der Waals surface area contributed by atoms with Crippen molar-refractivity contribution in [3.63, 3.8) is 0 Å². The molecule has 3 aromatic rings. The fraction of sp³-hybridized carbons (Fsp3) is 0.111. The molecule has 1 aromatic heterocycles. The van der Waals surface area contributed by atoms with E-state index in [1.807, 2.05) is 18.2 Å². The van der Waals surface area contributed by atoms with Gasteiger partial charge in [-0.05, 0) is 35.4 Å². The summed E-state index contributed by atoms with van der Waals surface area (Å²) in [6.07, 6.45) is 3.27. The molecule has 0 aliphatic carbocycles. The van der Waals surface area contributed by atoms with Crippen molar-refractivity contribution in [2.24, 2.45) is 0 Å². The Bertz CT molecular complexity index is 824. The molecule has 7 heteroatoms. The van der Waals surface area contributed by atoms with Crippen LogP contribution in [0.4, 0.5) is 20.4 Å². The Morgan fingerprint density at radius 1 is 1.00 bits per heavy atom. The van der Waals surface area contributed by atoms with Gasteiger partial charge in [0.1, 0.15) is 5.75 Å². The third-order valence-corrected chi connectivity index (χ3v) is 3.43. The summed E-state index contributed by atoms with van der Waals surface area (Å²) in [4.78, 5) is 8.48. The number of aliphatic hydroxyl groups is 1. The fourth-order valence-electron chi connectivity index (χ4n) is 2.25. The normalized spacial score (nSPS) is 10.7. The number of anilines is 2. The van der Waals surface area contributed by atoms with E-state index in [0.29, 0.717) is 5.95 Å². The Hall–Kier alpha value is -3.06. The zero-order valence-corrected chi connectivity index (χ0v) is 13.1. The maximum absolute atomic E-state index is 12.2. The van der Waals surface area contributed by atoms with Crippen LogP contribution in [-0.2, 0) is 6.61 Å². The van der Waals surface area contributed by atoms with Crippen LogP contribution in [0.3, 0.4) is 0 Å². The molecule has 0 saturated carbocycles. The summed E-state index contributed by atoms with van der Waals surface area (Å²) in [5.74, 6) is 0.512. The monoisotopic (exact) mass is 343 g/mol. The number of hydrogen-bond acceptors (Lipinski definition) is 5. The van der Waals surface area contributed by atoms with E-state index >= 15 is 0 Å². The van der Waals surface area contributed by atoms with Crippen LogP contribution in [0, 0.1) is 0 Å². The second-order valence-corrected chi connectivity index (χ2v) is 5.18. The summed E-state index contributed by atoms with van der Waals surface area (Å²) in [5, 5.41) is 12.2. The van der Waals surface area contributed by atoms with Crippen molar-refractivity contribution in [2.45, 2.75) is 13.2 Å². The molecule has 0 spiro atoms. The second kappa shape index (κ2) is 7.67. The number of benzene rings is 2. The van der Waals surface area contributed by atoms with Crippen molar-refractivity contribution in [3.05, 3.63) is 66.5 Å². The minimum Gasteiger partial charge on any atom is -0.435 e. The van der Waals surface area contributed by atoms with Crippen molar-refractivity contribution in [1.29, 1.82) is 0 Å². The largest absolute Gasteiger partial charge is 0.435 e. The van der Waals surface area contributed by atoms with E-state index in [2.05, 4.69) is 20.0 Å². The van der Waals surface area contributed by atoms with Crippen molar-refractivity contribution < 1.29 is 18.6 Å². The molecular weight excluding hydrogens is 328 g/mol. The molecule has 1 heterocycles. The predicted molar refractivity (Wildman–Crippen MR) is 89.7 cm³/mol. The first-order valence-electron chi connectivity index (χ1n) is 7.48. The Morgan fingerprint density at radius 2 is 1.72 bits per heavy atom. The predicted octanol–water partition coefficient (Wildman–Crippen LogP) is 3.98. The van der Waals surface area contributed by atoms with E-state index in [0.717, 1.165) is 22.4 Å². The first-order valence-corrected chi connectivity index (χ1v) is 7.48. The third kappa shape index (κ3) is 4.48. The van der Waals surface area contributed by atoms with Gasteiger partial charge in [-0.2, -0.15) is 8.78 Å². The summed E-state index contributed by atoms with van der Waals surface area (Å²) in [6, 6.07) is 13.5. The Morgan fingerprint density at radius 3 is 2.36 bits per heavy atom. The van der Waals surface area contributed by atoms with Gasteiger partial charge in [-0.1, -0.05) is 24.3 Å². The zero-order valence-electron chi connectivity index (χ0n) is 13.1. The molecule has 2 N–H and O–H groups in total. The molecular formula is C18H15F2N3O2. The highest BCUT2D eigenvalue weighted by Gasteiger charge is 2.05. The van der Waals surface area contributed by atoms with Gasteiger partial charge in [0.05, 0.1) is 6.61 Å². The number of halogens is 2. The molecule has 0 unspecified atom stereocenters. The zero-order chi connectivity index (χ0) is 17.6. The molecule has 3 rings (SSSR count). The number of aromatic nitrogens is 2. The van der Waals surface area contributed by atoms with E-state index < -0.39 is 6.61 Å². The SMILES string of the molecule is OCc1cccc(Nc2ncc(-c3ccc(OC(F)F)cc3)cn2)c1. The number of aliphatic hydroxyl groups excluding tert-OH is 1. The lowest BCUT2D eigenvalue weighted by Crippen LogP contribution is -2.01. The molecule has 5 nitrogen and oxygen atoms in total. The van der Waals surface area contributed by atoms with Crippen LogP contribution in [0.2, 0.25) is 0 Å². The van der Waals surface area contributed by atoms with Gasteiger partial charge in [-0.15, -0.1) is 0 Å². The van der Waals surface area contributed by atoms with E-state index in [1.54, 1.807) is 30.6 Å². The number of nitrogens with zero attached hydrogens (tertiary/aromatic N) is 2. The van der Waals surface area contributed by atoms with Gasteiger partial charge in [-0.25, -0.2) is 9.97 Å². The highest BCUT2D eigenvalue weighted by atomic mass is 19.3. The lowest BCUT2D eigenvalue weighted by molar-refractivity contribution is -0.0498. The smallest absolute Gasteiger partial charge is 0.387 e. The van der Waals surface area contributed by atoms with Crippen LogP contribution >= 0.6 is 0 Å². The molecule has 0 atom stereocenters. The van der Waals surface area contributed by atoms with E-state index in [9.17, 15) is 8.78 Å². The topological polar surface area (TPSA) is 67.3 Å². The Kier molecular flexibility index (Phi) is 5.15. The highest BCUT2D eigenvalue weighted by molar-refractivity contribution is 5.63. The molecule has 0 bridgehead atoms. The van der Waals surface area contributed by atoms with Gasteiger partial charge in [0, 0.05) is 23.6 Å². The number of nitrogens with one attached hydrogen (secondary N) is 1. The highest BCUT2D eigenvalue weighted by Crippen LogP contribution is 2.23. The third-order valence-electron chi connectivity index (χ3n) is 3.43. The Balaban J connectivity index is 1.71. The lowest BCUT2D eigenvalue weighted by Gasteiger charge is -2.08. The summed E-state index contributed by atoms with van der Waals surface area (Å²) in [5.41, 5.74) is 3.09. The fourth-order valence-corrected chi connectivity index (χ4v) is 2.25. The molecule has 0 saturated heterocycles. The van der Waals surface area contributed by atoms with E-state index in [-0.39, 0.29) is 12.4 Å². The molecule has 25 heavy (non-hydrogen) atoms. The summed E-state index contributed by atoms with van der Waals surface area (Å²) < 4.78 is 28.6. The first-order chi connectivity index (χ1) is 12.1. The maximum Gasteiger partial charge on any atom is 0.387 e. The summed E-state index contributed by atoms with van der Waals surface area (Å²) in [7, 11) is 0. The van der Waals surface area contributed by atoms with Gasteiger partial charge in [-0.3, -0.25) is 0 Å². The van der Waals surface area contributed by atoms with Crippen LogP contribution in [0.5, 0.6) is 5.75 Å². The molecule has 0 aliphatic heterocycles. The number of ether oxygens (including phenoxy) is 1. The average molecular weight is 343 g/mol. The molecule has 128 valence electrons. The number of alkyl halides is 2. The summed E-state index contributed by atoms with van der Waals surface area (Å²) >= 11 is 0. The van der Waals surface area contributed by atoms with Crippen molar-refractivity contribution in [2.75, 3.05) is 5.32 Å². The van der Waals surface area contributed by atoms with Crippen LogP contribution in [-0.4, -0.2) is 21.7 Å². The van der Waals surface area contributed by atoms with Crippen molar-refractivity contribution >= 4 is 11.6 Å².